The first-order valence-corrected chi connectivity index (χ1v) is 6.36. The van der Waals surface area contributed by atoms with Gasteiger partial charge in [0, 0.05) is 33.9 Å². The molecule has 0 saturated carbocycles. The van der Waals surface area contributed by atoms with Gasteiger partial charge >= 0.3 is 0 Å². The van der Waals surface area contributed by atoms with Gasteiger partial charge in [0.1, 0.15) is 5.82 Å². The first kappa shape index (κ1) is 22.2. The molecular weight excluding hydrogens is 311 g/mol. The largest absolute Gasteiger partial charge is 0.363 e. The first-order chi connectivity index (χ1) is 8.76. The van der Waals surface area contributed by atoms with Gasteiger partial charge in [0.2, 0.25) is 0 Å². The molecule has 0 unspecified atom stereocenters. The van der Waals surface area contributed by atoms with Crippen molar-refractivity contribution in [1.29, 1.82) is 0 Å². The molecule has 1 aromatic rings. The van der Waals surface area contributed by atoms with Gasteiger partial charge < -0.3 is 15.5 Å². The number of aromatic nitrogens is 1. The molecule has 7 heteroatoms. The second kappa shape index (κ2) is 9.07. The molecule has 0 spiro atoms. The van der Waals surface area contributed by atoms with E-state index in [0.717, 1.165) is 5.82 Å². The SMILES string of the molecule is CN(CC(C)(C)CN)C(=O)c1ccc(N(C)C)nc1.Cl.Cl. The maximum atomic E-state index is 12.3. The first-order valence-electron chi connectivity index (χ1n) is 6.36. The van der Waals surface area contributed by atoms with Crippen LogP contribution in [0.3, 0.4) is 0 Å². The van der Waals surface area contributed by atoms with Crippen molar-refractivity contribution >= 4 is 36.5 Å². The van der Waals surface area contributed by atoms with Crippen molar-refractivity contribution in [3.05, 3.63) is 23.9 Å². The zero-order valence-corrected chi connectivity index (χ0v) is 14.9. The summed E-state index contributed by atoms with van der Waals surface area (Å²) in [6.45, 7) is 5.26. The summed E-state index contributed by atoms with van der Waals surface area (Å²) in [5, 5.41) is 0. The highest BCUT2D eigenvalue weighted by atomic mass is 35.5. The maximum absolute atomic E-state index is 12.3. The Bertz CT molecular complexity index is 435. The number of halogens is 2. The van der Waals surface area contributed by atoms with E-state index in [1.165, 1.54) is 0 Å². The Morgan fingerprint density at radius 1 is 1.24 bits per heavy atom. The van der Waals surface area contributed by atoms with Crippen LogP contribution in [0.2, 0.25) is 0 Å². The van der Waals surface area contributed by atoms with Crippen LogP contribution >= 0.6 is 24.8 Å². The van der Waals surface area contributed by atoms with Crippen LogP contribution in [-0.2, 0) is 0 Å². The summed E-state index contributed by atoms with van der Waals surface area (Å²) in [7, 11) is 5.62. The van der Waals surface area contributed by atoms with E-state index in [4.69, 9.17) is 5.73 Å². The molecule has 122 valence electrons. The molecular formula is C14H26Cl2N4O. The van der Waals surface area contributed by atoms with E-state index in [-0.39, 0.29) is 36.1 Å². The summed E-state index contributed by atoms with van der Waals surface area (Å²) >= 11 is 0. The number of amides is 1. The van der Waals surface area contributed by atoms with Crippen LogP contribution < -0.4 is 10.6 Å². The highest BCUT2D eigenvalue weighted by Gasteiger charge is 2.22. The van der Waals surface area contributed by atoms with Gasteiger partial charge in [-0.05, 0) is 24.1 Å². The highest BCUT2D eigenvalue weighted by molar-refractivity contribution is 5.94. The Kier molecular flexibility index (Phi) is 9.61. The summed E-state index contributed by atoms with van der Waals surface area (Å²) in [6, 6.07) is 3.64. The molecule has 0 aromatic carbocycles. The number of anilines is 1. The van der Waals surface area contributed by atoms with Crippen LogP contribution in [0.15, 0.2) is 18.3 Å². The van der Waals surface area contributed by atoms with E-state index in [0.29, 0.717) is 18.7 Å². The molecule has 0 aliphatic rings. The van der Waals surface area contributed by atoms with Crippen LogP contribution in [0, 0.1) is 5.41 Å². The fourth-order valence-corrected chi connectivity index (χ4v) is 1.78. The summed E-state index contributed by atoms with van der Waals surface area (Å²) in [5.41, 5.74) is 6.21. The number of nitrogens with zero attached hydrogens (tertiary/aromatic N) is 3. The molecule has 2 N–H and O–H groups in total. The number of carbonyl (C=O) groups is 1. The van der Waals surface area contributed by atoms with E-state index in [2.05, 4.69) is 4.98 Å². The van der Waals surface area contributed by atoms with Crippen LogP contribution in [0.1, 0.15) is 24.2 Å². The molecule has 0 fully saturated rings. The van der Waals surface area contributed by atoms with Gasteiger partial charge in [-0.2, -0.15) is 0 Å². The fourth-order valence-electron chi connectivity index (χ4n) is 1.78. The zero-order valence-electron chi connectivity index (χ0n) is 13.3. The molecule has 21 heavy (non-hydrogen) atoms. The van der Waals surface area contributed by atoms with E-state index in [1.807, 2.05) is 38.9 Å². The van der Waals surface area contributed by atoms with Crippen molar-refractivity contribution < 1.29 is 4.79 Å². The Hall–Kier alpha value is -1.04. The molecule has 1 amide bonds. The summed E-state index contributed by atoms with van der Waals surface area (Å²) in [6.07, 6.45) is 1.61. The number of rotatable bonds is 5. The lowest BCUT2D eigenvalue weighted by atomic mass is 9.93. The van der Waals surface area contributed by atoms with Crippen molar-refractivity contribution in [2.24, 2.45) is 11.1 Å². The predicted octanol–water partition coefficient (Wildman–Crippen LogP) is 2.05. The third-order valence-corrected chi connectivity index (χ3v) is 3.02. The van der Waals surface area contributed by atoms with Gasteiger partial charge in [-0.15, -0.1) is 24.8 Å². The number of carbonyl (C=O) groups excluding carboxylic acids is 1. The van der Waals surface area contributed by atoms with E-state index in [1.54, 1.807) is 24.2 Å². The molecule has 0 atom stereocenters. The monoisotopic (exact) mass is 336 g/mol. The molecule has 0 radical (unpaired) electrons. The fraction of sp³-hybridized carbons (Fsp3) is 0.571. The predicted molar refractivity (Wildman–Crippen MR) is 92.9 cm³/mol. The molecule has 5 nitrogen and oxygen atoms in total. The molecule has 1 rings (SSSR count). The van der Waals surface area contributed by atoms with E-state index < -0.39 is 0 Å². The zero-order chi connectivity index (χ0) is 14.6. The van der Waals surface area contributed by atoms with Gasteiger partial charge in [0.05, 0.1) is 5.56 Å². The molecule has 0 saturated heterocycles. The van der Waals surface area contributed by atoms with Gasteiger partial charge in [-0.3, -0.25) is 4.79 Å². The Morgan fingerprint density at radius 2 is 1.81 bits per heavy atom. The minimum atomic E-state index is -0.0819. The summed E-state index contributed by atoms with van der Waals surface area (Å²) in [5.74, 6) is 0.806. The van der Waals surface area contributed by atoms with E-state index in [9.17, 15) is 4.79 Å². The van der Waals surface area contributed by atoms with Crippen molar-refractivity contribution in [3.8, 4) is 0 Å². The van der Waals surface area contributed by atoms with E-state index >= 15 is 0 Å². The van der Waals surface area contributed by atoms with Crippen LogP contribution in [0.5, 0.6) is 0 Å². The second-order valence-corrected chi connectivity index (χ2v) is 5.83. The smallest absolute Gasteiger partial charge is 0.255 e. The molecule has 0 aliphatic heterocycles. The van der Waals surface area contributed by atoms with Crippen LogP contribution in [0.4, 0.5) is 5.82 Å². The molecule has 0 bridgehead atoms. The van der Waals surface area contributed by atoms with Crippen molar-refractivity contribution in [2.45, 2.75) is 13.8 Å². The minimum Gasteiger partial charge on any atom is -0.363 e. The van der Waals surface area contributed by atoms with Gasteiger partial charge in [0.25, 0.3) is 5.91 Å². The van der Waals surface area contributed by atoms with Crippen LogP contribution in [-0.4, -0.2) is 50.0 Å². The Labute approximate surface area is 139 Å². The topological polar surface area (TPSA) is 62.5 Å². The number of pyridine rings is 1. The molecule has 1 aromatic heterocycles. The normalized spacial score (nSPS) is 10.2. The molecule has 1 heterocycles. The standard InChI is InChI=1S/C14H24N4O.2ClH/c1-14(2,9-15)10-18(5)13(19)11-6-7-12(16-8-11)17(3)4;;/h6-8H,9-10,15H2,1-5H3;2*1H. The highest BCUT2D eigenvalue weighted by Crippen LogP contribution is 2.16. The van der Waals surface area contributed by atoms with Crippen LogP contribution in [0.25, 0.3) is 0 Å². The summed E-state index contributed by atoms with van der Waals surface area (Å²) in [4.78, 5) is 20.1. The lowest BCUT2D eigenvalue weighted by molar-refractivity contribution is 0.0740. The number of hydrogen-bond acceptors (Lipinski definition) is 4. The lowest BCUT2D eigenvalue weighted by Crippen LogP contribution is -2.39. The lowest BCUT2D eigenvalue weighted by Gasteiger charge is -2.29. The van der Waals surface area contributed by atoms with Crippen molar-refractivity contribution in [2.75, 3.05) is 39.1 Å². The number of nitrogens with two attached hydrogens (primary N) is 1. The van der Waals surface area contributed by atoms with Gasteiger partial charge in [-0.25, -0.2) is 4.98 Å². The quantitative estimate of drug-likeness (QED) is 0.893. The van der Waals surface area contributed by atoms with Crippen molar-refractivity contribution in [1.82, 2.24) is 9.88 Å². The third-order valence-electron chi connectivity index (χ3n) is 3.02. The average molecular weight is 337 g/mol. The van der Waals surface area contributed by atoms with Gasteiger partial charge in [-0.1, -0.05) is 13.8 Å². The summed E-state index contributed by atoms with van der Waals surface area (Å²) < 4.78 is 0. The average Bonchev–Trinajstić information content (AvgIpc) is 2.37. The van der Waals surface area contributed by atoms with Crippen molar-refractivity contribution in [3.63, 3.8) is 0 Å². The number of hydrogen-bond donors (Lipinski definition) is 1. The Balaban J connectivity index is 0. The Morgan fingerprint density at radius 3 is 2.19 bits per heavy atom. The third kappa shape index (κ3) is 6.50. The molecule has 0 aliphatic carbocycles. The minimum absolute atomic E-state index is 0. The van der Waals surface area contributed by atoms with Gasteiger partial charge in [0.15, 0.2) is 0 Å². The second-order valence-electron chi connectivity index (χ2n) is 5.83. The maximum Gasteiger partial charge on any atom is 0.255 e.